The first kappa shape index (κ1) is 23.4. The zero-order valence-electron chi connectivity index (χ0n) is 18.7. The number of carbonyl (C=O) groups excluding carboxylic acids is 2. The SMILES string of the molecule is CC(C)(C)OC(=O)C(C(=O)OC(C)(C)C)C(/C=C/c1ccccc1)c1ccccc1. The molecule has 0 aliphatic heterocycles. The van der Waals surface area contributed by atoms with Crippen molar-refractivity contribution >= 4 is 18.0 Å². The number of hydrogen-bond acceptors (Lipinski definition) is 4. The Kier molecular flexibility index (Phi) is 7.60. The number of carbonyl (C=O) groups is 2. The summed E-state index contributed by atoms with van der Waals surface area (Å²) < 4.78 is 11.2. The van der Waals surface area contributed by atoms with Crippen molar-refractivity contribution in [2.45, 2.75) is 58.7 Å². The van der Waals surface area contributed by atoms with Gasteiger partial charge in [0, 0.05) is 5.92 Å². The first-order valence-electron chi connectivity index (χ1n) is 10.2. The minimum absolute atomic E-state index is 0.531. The molecule has 0 aromatic heterocycles. The average Bonchev–Trinajstić information content (AvgIpc) is 2.63. The topological polar surface area (TPSA) is 52.6 Å². The summed E-state index contributed by atoms with van der Waals surface area (Å²) in [5, 5.41) is 0. The molecule has 0 aliphatic rings. The Balaban J connectivity index is 2.51. The van der Waals surface area contributed by atoms with Crippen LogP contribution in [-0.4, -0.2) is 23.1 Å². The van der Waals surface area contributed by atoms with E-state index in [1.165, 1.54) is 0 Å². The maximum Gasteiger partial charge on any atom is 0.321 e. The fourth-order valence-corrected chi connectivity index (χ4v) is 2.99. The fraction of sp³-hybridized carbons (Fsp3) is 0.385. The summed E-state index contributed by atoms with van der Waals surface area (Å²) >= 11 is 0. The summed E-state index contributed by atoms with van der Waals surface area (Å²) in [6.07, 6.45) is 3.79. The number of rotatable bonds is 6. The van der Waals surface area contributed by atoms with Gasteiger partial charge in [-0.25, -0.2) is 0 Å². The number of hydrogen-bond donors (Lipinski definition) is 0. The van der Waals surface area contributed by atoms with E-state index in [1.54, 1.807) is 41.5 Å². The predicted octanol–water partition coefficient (Wildman–Crippen LogP) is 5.78. The van der Waals surface area contributed by atoms with Crippen molar-refractivity contribution in [3.8, 4) is 0 Å². The van der Waals surface area contributed by atoms with Gasteiger partial charge < -0.3 is 9.47 Å². The van der Waals surface area contributed by atoms with Crippen molar-refractivity contribution in [3.05, 3.63) is 77.9 Å². The van der Waals surface area contributed by atoms with Gasteiger partial charge in [0.05, 0.1) is 0 Å². The molecule has 30 heavy (non-hydrogen) atoms. The molecule has 2 aromatic carbocycles. The van der Waals surface area contributed by atoms with Crippen LogP contribution < -0.4 is 0 Å². The largest absolute Gasteiger partial charge is 0.459 e. The highest BCUT2D eigenvalue weighted by Gasteiger charge is 2.40. The molecular weight excluding hydrogens is 376 g/mol. The molecule has 1 unspecified atom stereocenters. The molecule has 0 saturated heterocycles. The maximum atomic E-state index is 13.2. The van der Waals surface area contributed by atoms with Crippen LogP contribution in [0.4, 0.5) is 0 Å². The van der Waals surface area contributed by atoms with Gasteiger partial charge in [-0.3, -0.25) is 9.59 Å². The van der Waals surface area contributed by atoms with Gasteiger partial charge in [0.25, 0.3) is 0 Å². The summed E-state index contributed by atoms with van der Waals surface area (Å²) in [5.74, 6) is -2.84. The Morgan fingerprint density at radius 3 is 1.60 bits per heavy atom. The zero-order chi connectivity index (χ0) is 22.4. The van der Waals surface area contributed by atoms with E-state index in [2.05, 4.69) is 0 Å². The zero-order valence-corrected chi connectivity index (χ0v) is 18.7. The lowest BCUT2D eigenvalue weighted by molar-refractivity contribution is -0.175. The van der Waals surface area contributed by atoms with Gasteiger partial charge in [-0.05, 0) is 52.7 Å². The highest BCUT2D eigenvalue weighted by atomic mass is 16.6. The van der Waals surface area contributed by atoms with E-state index < -0.39 is 35.0 Å². The highest BCUT2D eigenvalue weighted by Crippen LogP contribution is 2.32. The van der Waals surface area contributed by atoms with Crippen LogP contribution >= 0.6 is 0 Å². The lowest BCUT2D eigenvalue weighted by atomic mass is 9.84. The van der Waals surface area contributed by atoms with Gasteiger partial charge in [-0.2, -0.15) is 0 Å². The van der Waals surface area contributed by atoms with E-state index in [-0.39, 0.29) is 0 Å². The van der Waals surface area contributed by atoms with Crippen molar-refractivity contribution in [2.24, 2.45) is 5.92 Å². The standard InChI is InChI=1S/C26H32O4/c1-25(2,3)29-23(27)22(24(28)30-26(4,5)6)21(20-15-11-8-12-16-20)18-17-19-13-9-7-10-14-19/h7-18,21-22H,1-6H3/b18-17+. The number of allylic oxidation sites excluding steroid dienone is 1. The van der Waals surface area contributed by atoms with E-state index in [1.807, 2.05) is 72.8 Å². The molecule has 0 spiro atoms. The first-order chi connectivity index (χ1) is 14.0. The first-order valence-corrected chi connectivity index (χ1v) is 10.2. The quantitative estimate of drug-likeness (QED) is 0.449. The summed E-state index contributed by atoms with van der Waals surface area (Å²) in [7, 11) is 0. The number of benzene rings is 2. The number of esters is 2. The molecular formula is C26H32O4. The second-order valence-corrected chi connectivity index (χ2v) is 9.25. The molecule has 4 heteroatoms. The van der Waals surface area contributed by atoms with E-state index in [4.69, 9.17) is 9.47 Å². The van der Waals surface area contributed by atoms with Crippen molar-refractivity contribution in [3.63, 3.8) is 0 Å². The fourth-order valence-electron chi connectivity index (χ4n) is 2.99. The molecule has 0 saturated carbocycles. The predicted molar refractivity (Wildman–Crippen MR) is 120 cm³/mol. The van der Waals surface area contributed by atoms with E-state index in [9.17, 15) is 9.59 Å². The van der Waals surface area contributed by atoms with Crippen LogP contribution in [0.3, 0.4) is 0 Å². The van der Waals surface area contributed by atoms with Crippen molar-refractivity contribution in [1.29, 1.82) is 0 Å². The van der Waals surface area contributed by atoms with Crippen LogP contribution in [0.25, 0.3) is 6.08 Å². The molecule has 0 aliphatic carbocycles. The van der Waals surface area contributed by atoms with Gasteiger partial charge in [0.2, 0.25) is 0 Å². The molecule has 0 N–H and O–H groups in total. The monoisotopic (exact) mass is 408 g/mol. The second kappa shape index (κ2) is 9.75. The molecule has 0 heterocycles. The normalized spacial score (nSPS) is 13.3. The lowest BCUT2D eigenvalue weighted by Crippen LogP contribution is -2.39. The van der Waals surface area contributed by atoms with E-state index in [0.29, 0.717) is 0 Å². The Morgan fingerprint density at radius 1 is 0.733 bits per heavy atom. The van der Waals surface area contributed by atoms with Crippen molar-refractivity contribution < 1.29 is 19.1 Å². The molecule has 0 amide bonds. The smallest absolute Gasteiger partial charge is 0.321 e. The molecule has 0 radical (unpaired) electrons. The summed E-state index contributed by atoms with van der Waals surface area (Å²) in [6.45, 7) is 10.7. The van der Waals surface area contributed by atoms with Crippen molar-refractivity contribution in [1.82, 2.24) is 0 Å². The summed E-state index contributed by atoms with van der Waals surface area (Å²) in [5.41, 5.74) is 0.376. The summed E-state index contributed by atoms with van der Waals surface area (Å²) in [4.78, 5) is 26.3. The molecule has 1 atom stereocenters. The second-order valence-electron chi connectivity index (χ2n) is 9.25. The maximum absolute atomic E-state index is 13.2. The third-order valence-electron chi connectivity index (χ3n) is 4.16. The Morgan fingerprint density at radius 2 is 1.17 bits per heavy atom. The molecule has 0 fully saturated rings. The van der Waals surface area contributed by atoms with Crippen LogP contribution in [-0.2, 0) is 19.1 Å². The average molecular weight is 409 g/mol. The molecule has 0 bridgehead atoms. The Hall–Kier alpha value is -2.88. The van der Waals surface area contributed by atoms with Crippen LogP contribution in [0.1, 0.15) is 58.6 Å². The third kappa shape index (κ3) is 7.51. The lowest BCUT2D eigenvalue weighted by Gasteiger charge is -2.29. The van der Waals surface area contributed by atoms with Crippen molar-refractivity contribution in [2.75, 3.05) is 0 Å². The Labute approximate surface area is 179 Å². The van der Waals surface area contributed by atoms with E-state index in [0.717, 1.165) is 11.1 Å². The van der Waals surface area contributed by atoms with Crippen LogP contribution in [0.5, 0.6) is 0 Å². The number of ether oxygens (including phenoxy) is 2. The van der Waals surface area contributed by atoms with Gasteiger partial charge in [-0.1, -0.05) is 72.8 Å². The van der Waals surface area contributed by atoms with Gasteiger partial charge >= 0.3 is 11.9 Å². The Bertz CT molecular complexity index is 827. The summed E-state index contributed by atoms with van der Waals surface area (Å²) in [6, 6.07) is 19.2. The molecule has 4 nitrogen and oxygen atoms in total. The molecule has 2 rings (SSSR count). The van der Waals surface area contributed by atoms with Crippen LogP contribution in [0, 0.1) is 5.92 Å². The van der Waals surface area contributed by atoms with E-state index >= 15 is 0 Å². The van der Waals surface area contributed by atoms with Crippen LogP contribution in [0.15, 0.2) is 66.7 Å². The minimum atomic E-state index is -1.12. The van der Waals surface area contributed by atoms with Gasteiger partial charge in [-0.15, -0.1) is 0 Å². The molecule has 2 aromatic rings. The highest BCUT2D eigenvalue weighted by molar-refractivity contribution is 5.97. The molecule has 160 valence electrons. The third-order valence-corrected chi connectivity index (χ3v) is 4.16. The van der Waals surface area contributed by atoms with Gasteiger partial charge in [0.1, 0.15) is 11.2 Å². The van der Waals surface area contributed by atoms with Crippen LogP contribution in [0.2, 0.25) is 0 Å². The minimum Gasteiger partial charge on any atom is -0.459 e. The van der Waals surface area contributed by atoms with Gasteiger partial charge in [0.15, 0.2) is 5.92 Å².